The van der Waals surface area contributed by atoms with E-state index in [1.54, 1.807) is 0 Å². The van der Waals surface area contributed by atoms with E-state index in [9.17, 15) is 8.42 Å². The van der Waals surface area contributed by atoms with Crippen LogP contribution in [0, 0.1) is 0 Å². The lowest BCUT2D eigenvalue weighted by atomic mass is 10.6. The first-order valence-corrected chi connectivity index (χ1v) is 3.60. The molecule has 0 N–H and O–H groups in total. The van der Waals surface area contributed by atoms with Crippen molar-refractivity contribution in [2.24, 2.45) is 0 Å². The molecule has 8 heavy (non-hydrogen) atoms. The normalized spacial score (nSPS) is 25.4. The maximum Gasteiger partial charge on any atom is 0.292 e. The van der Waals surface area contributed by atoms with Gasteiger partial charge in [0.05, 0.1) is 11.5 Å². The molecule has 0 unspecified atom stereocenters. The molecular weight excluding hydrogens is 128 g/mol. The van der Waals surface area contributed by atoms with Gasteiger partial charge in [0, 0.05) is 0 Å². The predicted molar refractivity (Wildman–Crippen MR) is 28.6 cm³/mol. The van der Waals surface area contributed by atoms with Crippen molar-refractivity contribution < 1.29 is 12.6 Å². The van der Waals surface area contributed by atoms with Crippen molar-refractivity contribution in [3.05, 3.63) is 11.0 Å². The van der Waals surface area contributed by atoms with Gasteiger partial charge in [-0.15, -0.1) is 0 Å². The summed E-state index contributed by atoms with van der Waals surface area (Å²) in [7, 11) is -3.26. The summed E-state index contributed by atoms with van der Waals surface area (Å²) < 4.78 is 25.3. The topological polar surface area (TPSA) is 43.4 Å². The monoisotopic (exact) mass is 134 g/mol. The van der Waals surface area contributed by atoms with Crippen LogP contribution in [0.3, 0.4) is 0 Å². The lowest BCUT2D eigenvalue weighted by Crippen LogP contribution is -1.97. The van der Waals surface area contributed by atoms with E-state index in [4.69, 9.17) is 0 Å². The molecule has 0 radical (unpaired) electrons. The smallest absolute Gasteiger partial charge is 0.262 e. The molecule has 0 saturated heterocycles. The van der Waals surface area contributed by atoms with Crippen molar-refractivity contribution in [1.29, 1.82) is 0 Å². The molecule has 0 atom stereocenters. The van der Waals surface area contributed by atoms with Gasteiger partial charge in [-0.2, -0.15) is 8.42 Å². The van der Waals surface area contributed by atoms with Gasteiger partial charge in [-0.3, -0.25) is 4.18 Å². The third kappa shape index (κ3) is 0.763. The van der Waals surface area contributed by atoms with E-state index in [-0.39, 0.29) is 6.61 Å². The summed E-state index contributed by atoms with van der Waals surface area (Å²) in [6, 6.07) is 0. The molecule has 46 valence electrons. The molecule has 0 saturated carbocycles. The highest BCUT2D eigenvalue weighted by Gasteiger charge is 2.18. The molecule has 1 heterocycles. The average molecular weight is 134 g/mol. The van der Waals surface area contributed by atoms with E-state index >= 15 is 0 Å². The molecule has 0 amide bonds. The lowest BCUT2D eigenvalue weighted by Gasteiger charge is -1.89. The van der Waals surface area contributed by atoms with Gasteiger partial charge in [0.25, 0.3) is 10.1 Å². The second-order valence-corrected chi connectivity index (χ2v) is 3.34. The molecular formula is C4H6O3S. The van der Waals surface area contributed by atoms with Gasteiger partial charge in [-0.1, -0.05) is 0 Å². The Bertz CT molecular complexity index is 211. The molecule has 0 spiro atoms. The van der Waals surface area contributed by atoms with Crippen LogP contribution in [-0.2, 0) is 14.3 Å². The molecule has 4 heteroatoms. The standard InChI is InChI=1S/C4H6O3S/c1-4-2-3-7-8(4,5)6/h2H,3H2,1H3. The summed E-state index contributed by atoms with van der Waals surface area (Å²) in [5, 5.41) is 0. The number of hydrogen-bond donors (Lipinski definition) is 0. The first-order valence-electron chi connectivity index (χ1n) is 2.19. The summed E-state index contributed by atoms with van der Waals surface area (Å²) in [5.74, 6) is 0. The quantitative estimate of drug-likeness (QED) is 0.446. The minimum absolute atomic E-state index is 0.203. The van der Waals surface area contributed by atoms with Crippen molar-refractivity contribution in [1.82, 2.24) is 0 Å². The second kappa shape index (κ2) is 1.56. The van der Waals surface area contributed by atoms with Gasteiger partial charge in [-0.05, 0) is 13.0 Å². The van der Waals surface area contributed by atoms with Crippen LogP contribution in [0.5, 0.6) is 0 Å². The fourth-order valence-electron chi connectivity index (χ4n) is 0.436. The third-order valence-corrected chi connectivity index (χ3v) is 2.39. The Balaban J connectivity index is 3.08. The molecule has 0 aliphatic carbocycles. The Labute approximate surface area is 48.1 Å². The first kappa shape index (κ1) is 5.78. The molecule has 0 fully saturated rings. The molecule has 1 rings (SSSR count). The summed E-state index contributed by atoms with van der Waals surface area (Å²) in [5.41, 5.74) is 0. The van der Waals surface area contributed by atoms with E-state index in [2.05, 4.69) is 4.18 Å². The highest BCUT2D eigenvalue weighted by atomic mass is 32.2. The van der Waals surface area contributed by atoms with Gasteiger partial charge >= 0.3 is 0 Å². The van der Waals surface area contributed by atoms with Crippen molar-refractivity contribution in [3.8, 4) is 0 Å². The summed E-state index contributed by atoms with van der Waals surface area (Å²) in [4.78, 5) is 0.317. The highest BCUT2D eigenvalue weighted by Crippen LogP contribution is 2.13. The fourth-order valence-corrected chi connectivity index (χ4v) is 1.14. The van der Waals surface area contributed by atoms with Gasteiger partial charge in [0.2, 0.25) is 0 Å². The van der Waals surface area contributed by atoms with Crippen molar-refractivity contribution in [3.63, 3.8) is 0 Å². The summed E-state index contributed by atoms with van der Waals surface area (Å²) in [6.45, 7) is 1.72. The van der Waals surface area contributed by atoms with Crippen LogP contribution in [-0.4, -0.2) is 15.0 Å². The van der Waals surface area contributed by atoms with Crippen LogP contribution in [0.25, 0.3) is 0 Å². The minimum Gasteiger partial charge on any atom is -0.262 e. The number of rotatable bonds is 0. The largest absolute Gasteiger partial charge is 0.292 e. The van der Waals surface area contributed by atoms with Gasteiger partial charge in [0.15, 0.2) is 0 Å². The predicted octanol–water partition coefficient (Wildman–Crippen LogP) is 0.250. The van der Waals surface area contributed by atoms with Crippen molar-refractivity contribution >= 4 is 10.1 Å². The Hall–Kier alpha value is -0.350. The van der Waals surface area contributed by atoms with Crippen LogP contribution < -0.4 is 0 Å². The molecule has 3 nitrogen and oxygen atoms in total. The van der Waals surface area contributed by atoms with Crippen molar-refractivity contribution in [2.45, 2.75) is 6.92 Å². The highest BCUT2D eigenvalue weighted by molar-refractivity contribution is 7.90. The maximum atomic E-state index is 10.5. The number of allylic oxidation sites excluding steroid dienone is 1. The van der Waals surface area contributed by atoms with E-state index in [1.807, 2.05) is 0 Å². The Morgan fingerprint density at radius 1 is 1.75 bits per heavy atom. The van der Waals surface area contributed by atoms with E-state index in [1.165, 1.54) is 13.0 Å². The van der Waals surface area contributed by atoms with Crippen LogP contribution in [0.1, 0.15) is 6.92 Å². The second-order valence-electron chi connectivity index (χ2n) is 1.55. The summed E-state index contributed by atoms with van der Waals surface area (Å²) in [6.07, 6.45) is 1.54. The molecule has 1 aliphatic rings. The van der Waals surface area contributed by atoms with E-state index in [0.29, 0.717) is 4.91 Å². The van der Waals surface area contributed by atoms with Crippen LogP contribution >= 0.6 is 0 Å². The van der Waals surface area contributed by atoms with Crippen molar-refractivity contribution in [2.75, 3.05) is 6.61 Å². The maximum absolute atomic E-state index is 10.5. The SMILES string of the molecule is CC1=CCOS1(=O)=O. The Morgan fingerprint density at radius 3 is 2.50 bits per heavy atom. The molecule has 0 aromatic carbocycles. The minimum atomic E-state index is -3.26. The zero-order valence-electron chi connectivity index (χ0n) is 4.42. The Morgan fingerprint density at radius 2 is 2.38 bits per heavy atom. The van der Waals surface area contributed by atoms with Crippen LogP contribution in [0.4, 0.5) is 0 Å². The average Bonchev–Trinajstić information content (AvgIpc) is 1.86. The fraction of sp³-hybridized carbons (Fsp3) is 0.500. The lowest BCUT2D eigenvalue weighted by molar-refractivity contribution is 0.374. The molecule has 0 aromatic heterocycles. The third-order valence-electron chi connectivity index (χ3n) is 0.988. The van der Waals surface area contributed by atoms with E-state index < -0.39 is 10.1 Å². The van der Waals surface area contributed by atoms with Gasteiger partial charge in [0.1, 0.15) is 0 Å². The zero-order valence-corrected chi connectivity index (χ0v) is 5.23. The number of hydrogen-bond acceptors (Lipinski definition) is 3. The van der Waals surface area contributed by atoms with E-state index in [0.717, 1.165) is 0 Å². The first-order chi connectivity index (χ1) is 3.63. The van der Waals surface area contributed by atoms with Gasteiger partial charge < -0.3 is 0 Å². The van der Waals surface area contributed by atoms with Crippen LogP contribution in [0.2, 0.25) is 0 Å². The molecule has 1 aliphatic heterocycles. The Kier molecular flexibility index (Phi) is 1.13. The molecule has 0 aromatic rings. The molecule has 0 bridgehead atoms. The van der Waals surface area contributed by atoms with Crippen LogP contribution in [0.15, 0.2) is 11.0 Å². The zero-order chi connectivity index (χ0) is 6.20. The summed E-state index contributed by atoms with van der Waals surface area (Å²) >= 11 is 0. The van der Waals surface area contributed by atoms with Gasteiger partial charge in [-0.25, -0.2) is 0 Å².